The minimum Gasteiger partial charge on any atom is -0.507 e. The number of aromatic hydroxyl groups is 1. The van der Waals surface area contributed by atoms with Crippen LogP contribution in [0.2, 0.25) is 0 Å². The second-order valence-corrected chi connectivity index (χ2v) is 19.9. The molecular formula is C42H72N2O5. The number of phenols is 1. The average Bonchev–Trinajstić information content (AvgIpc) is 2.92. The Hall–Kier alpha value is -2.12. The Kier molecular flexibility index (Phi) is 11.9. The molecule has 49 heavy (non-hydrogen) atoms. The predicted molar refractivity (Wildman–Crippen MR) is 201 cm³/mol. The summed E-state index contributed by atoms with van der Waals surface area (Å²) in [6, 6.07) is 3.95. The lowest BCUT2D eigenvalue weighted by molar-refractivity contribution is -0.155. The third kappa shape index (κ3) is 8.86. The smallest absolute Gasteiger partial charge is 0.317 e. The number of benzene rings is 1. The molecule has 3 unspecified atom stereocenters. The average molecular weight is 685 g/mol. The molecule has 0 amide bonds. The van der Waals surface area contributed by atoms with Crippen LogP contribution in [0, 0.1) is 17.8 Å². The molecule has 7 heteroatoms. The first-order chi connectivity index (χ1) is 22.0. The molecule has 2 aliphatic rings. The Bertz CT molecular complexity index is 1270. The predicted octanol–water partition coefficient (Wildman–Crippen LogP) is 9.63. The van der Waals surface area contributed by atoms with Crippen LogP contribution in [0.1, 0.15) is 171 Å². The molecule has 0 radical (unpaired) electrons. The molecule has 3 atom stereocenters. The van der Waals surface area contributed by atoms with Crippen LogP contribution in [0.25, 0.3) is 0 Å². The van der Waals surface area contributed by atoms with Crippen molar-refractivity contribution in [3.63, 3.8) is 0 Å². The summed E-state index contributed by atoms with van der Waals surface area (Å²) < 4.78 is 6.05. The monoisotopic (exact) mass is 685 g/mol. The van der Waals surface area contributed by atoms with Crippen LogP contribution < -0.4 is 0 Å². The number of esters is 1. The first-order valence-electron chi connectivity index (χ1n) is 18.8. The van der Waals surface area contributed by atoms with Crippen molar-refractivity contribution >= 4 is 11.9 Å². The van der Waals surface area contributed by atoms with Crippen LogP contribution in [-0.4, -0.2) is 68.2 Å². The number of hydrogen-bond donors (Lipinski definition) is 2. The molecule has 0 saturated carbocycles. The fourth-order valence-electron chi connectivity index (χ4n) is 9.42. The fourth-order valence-corrected chi connectivity index (χ4v) is 9.42. The molecular weight excluding hydrogens is 612 g/mol. The van der Waals surface area contributed by atoms with E-state index in [9.17, 15) is 19.8 Å². The Morgan fingerprint density at radius 3 is 1.57 bits per heavy atom. The van der Waals surface area contributed by atoms with Crippen LogP contribution in [0.4, 0.5) is 0 Å². The lowest BCUT2D eigenvalue weighted by atomic mass is 9.57. The van der Waals surface area contributed by atoms with Crippen LogP contribution in [0.3, 0.4) is 0 Å². The molecule has 1 aromatic carbocycles. The fraction of sp³-hybridized carbons (Fsp3) is 0.810. The number of carbonyl (C=O) groups excluding carboxylic acids is 1. The van der Waals surface area contributed by atoms with Crippen molar-refractivity contribution in [3.05, 3.63) is 28.8 Å². The number of ether oxygens (including phenoxy) is 1. The maximum atomic E-state index is 13.0. The summed E-state index contributed by atoms with van der Waals surface area (Å²) in [5, 5.41) is 20.8. The maximum Gasteiger partial charge on any atom is 0.317 e. The lowest BCUT2D eigenvalue weighted by Crippen LogP contribution is -2.66. The zero-order valence-electron chi connectivity index (χ0n) is 34.1. The number of likely N-dealkylation sites (tertiary alicyclic amines) is 2. The summed E-state index contributed by atoms with van der Waals surface area (Å²) in [7, 11) is 4.60. The third-order valence-electron chi connectivity index (χ3n) is 13.2. The zero-order valence-corrected chi connectivity index (χ0v) is 34.1. The molecule has 1 aromatic rings. The molecule has 0 spiro atoms. The van der Waals surface area contributed by atoms with Crippen molar-refractivity contribution in [1.82, 2.24) is 9.80 Å². The van der Waals surface area contributed by atoms with Gasteiger partial charge in [-0.15, -0.1) is 0 Å². The van der Waals surface area contributed by atoms with Crippen LogP contribution in [0.15, 0.2) is 12.1 Å². The van der Waals surface area contributed by atoms with E-state index in [2.05, 4.69) is 121 Å². The van der Waals surface area contributed by atoms with Gasteiger partial charge in [-0.05, 0) is 172 Å². The summed E-state index contributed by atoms with van der Waals surface area (Å²) >= 11 is 0. The standard InChI is InChI=1S/C42H72N2O5/c1-37(2,3)31-24-27(25-32(36(31)48)38(4,5)6)33(49-35(47)26-34(45)46)19-17-18-28(29-20-22-39(7,8)43(15)41(29,11)12)30-21-23-40(9,10)44(16)42(30,13)14/h24-25,28-30,33,48H,17-23,26H2,1-16H3,(H,45,46). The van der Waals surface area contributed by atoms with Crippen molar-refractivity contribution < 1.29 is 24.5 Å². The van der Waals surface area contributed by atoms with Crippen molar-refractivity contribution in [2.75, 3.05) is 14.1 Å². The number of carbonyl (C=O) groups is 2. The molecule has 0 aromatic heterocycles. The molecule has 2 heterocycles. The van der Waals surface area contributed by atoms with Gasteiger partial charge >= 0.3 is 11.9 Å². The largest absolute Gasteiger partial charge is 0.507 e. The van der Waals surface area contributed by atoms with E-state index in [4.69, 9.17) is 4.74 Å². The molecule has 280 valence electrons. The SMILES string of the molecule is CN1C(C)(C)CCC(C(CCCC(OC(=O)CC(=O)O)c2cc(C(C)(C)C)c(O)c(C(C)(C)C)c2)C2CCC(C)(C)N(C)C2(C)C)C1(C)C. The van der Waals surface area contributed by atoms with Crippen molar-refractivity contribution in [1.29, 1.82) is 0 Å². The molecule has 0 bridgehead atoms. The van der Waals surface area contributed by atoms with E-state index >= 15 is 0 Å². The van der Waals surface area contributed by atoms with Gasteiger partial charge < -0.3 is 14.9 Å². The van der Waals surface area contributed by atoms with Crippen molar-refractivity contribution in [2.45, 2.75) is 187 Å². The minimum atomic E-state index is -1.20. The van der Waals surface area contributed by atoms with E-state index in [0.29, 0.717) is 24.2 Å². The number of nitrogens with zero attached hydrogens (tertiary/aromatic N) is 2. The van der Waals surface area contributed by atoms with Gasteiger partial charge in [-0.3, -0.25) is 19.4 Å². The first kappa shape index (κ1) is 41.3. The molecule has 3 rings (SSSR count). The van der Waals surface area contributed by atoms with Crippen LogP contribution >= 0.6 is 0 Å². The summed E-state index contributed by atoms with van der Waals surface area (Å²) in [6.45, 7) is 31.6. The van der Waals surface area contributed by atoms with Crippen LogP contribution in [-0.2, 0) is 25.2 Å². The van der Waals surface area contributed by atoms with Crippen molar-refractivity contribution in [3.8, 4) is 5.75 Å². The summed E-state index contributed by atoms with van der Waals surface area (Å²) in [4.78, 5) is 29.7. The van der Waals surface area contributed by atoms with E-state index < -0.39 is 24.5 Å². The van der Waals surface area contributed by atoms with Gasteiger partial charge in [-0.2, -0.15) is 0 Å². The van der Waals surface area contributed by atoms with E-state index in [1.54, 1.807) is 0 Å². The normalized spacial score (nSPS) is 25.4. The highest BCUT2D eigenvalue weighted by atomic mass is 16.5. The van der Waals surface area contributed by atoms with E-state index in [-0.39, 0.29) is 38.7 Å². The lowest BCUT2D eigenvalue weighted by Gasteiger charge is -2.62. The number of rotatable bonds is 10. The van der Waals surface area contributed by atoms with Gasteiger partial charge in [0, 0.05) is 22.2 Å². The highest BCUT2D eigenvalue weighted by molar-refractivity contribution is 5.90. The van der Waals surface area contributed by atoms with Gasteiger partial charge in [0.1, 0.15) is 18.3 Å². The maximum absolute atomic E-state index is 13.0. The molecule has 2 saturated heterocycles. The summed E-state index contributed by atoms with van der Waals surface area (Å²) in [5.74, 6) is -0.216. The molecule has 0 aliphatic carbocycles. The number of phenolic OH excluding ortho intramolecular Hbond substituents is 1. The van der Waals surface area contributed by atoms with Gasteiger partial charge in [-0.1, -0.05) is 41.5 Å². The van der Waals surface area contributed by atoms with Crippen molar-refractivity contribution in [2.24, 2.45) is 17.8 Å². The number of carboxylic acid groups (broad SMARTS) is 1. The van der Waals surface area contributed by atoms with E-state index in [1.165, 1.54) is 12.8 Å². The highest BCUT2D eigenvalue weighted by Crippen LogP contribution is 2.53. The van der Waals surface area contributed by atoms with Crippen LogP contribution in [0.5, 0.6) is 5.75 Å². The van der Waals surface area contributed by atoms with Gasteiger partial charge in [0.15, 0.2) is 0 Å². The Morgan fingerprint density at radius 2 is 1.20 bits per heavy atom. The molecule has 2 N–H and O–H groups in total. The van der Waals surface area contributed by atoms with E-state index in [1.807, 2.05) is 12.1 Å². The molecule has 7 nitrogen and oxygen atoms in total. The highest BCUT2D eigenvalue weighted by Gasteiger charge is 2.54. The number of piperidine rings is 2. The first-order valence-corrected chi connectivity index (χ1v) is 18.8. The number of carboxylic acids is 1. The number of hydrogen-bond acceptors (Lipinski definition) is 6. The van der Waals surface area contributed by atoms with E-state index in [0.717, 1.165) is 42.4 Å². The summed E-state index contributed by atoms with van der Waals surface area (Å²) in [5.41, 5.74) is 1.99. The zero-order chi connectivity index (χ0) is 37.7. The Labute approximate surface area is 299 Å². The van der Waals surface area contributed by atoms with Gasteiger partial charge in [0.25, 0.3) is 0 Å². The number of aliphatic carboxylic acids is 1. The van der Waals surface area contributed by atoms with Gasteiger partial charge in [0.2, 0.25) is 0 Å². The Balaban J connectivity index is 2.07. The second kappa shape index (κ2) is 14.1. The van der Waals surface area contributed by atoms with Gasteiger partial charge in [0.05, 0.1) is 0 Å². The molecule has 2 aliphatic heterocycles. The Morgan fingerprint density at radius 1 is 0.796 bits per heavy atom. The topological polar surface area (TPSA) is 90.3 Å². The second-order valence-electron chi connectivity index (χ2n) is 19.9. The molecule has 2 fully saturated rings. The summed E-state index contributed by atoms with van der Waals surface area (Å²) in [6.07, 6.45) is 5.78. The quantitative estimate of drug-likeness (QED) is 0.187. The minimum absolute atomic E-state index is 0.00155. The van der Waals surface area contributed by atoms with Gasteiger partial charge in [-0.25, -0.2) is 0 Å². The third-order valence-corrected chi connectivity index (χ3v) is 13.2.